The Bertz CT molecular complexity index is 1560. The minimum Gasteiger partial charge on any atom is -0.477 e. The predicted molar refractivity (Wildman–Crippen MR) is 140 cm³/mol. The van der Waals surface area contributed by atoms with Crippen molar-refractivity contribution >= 4 is 56.8 Å². The first-order chi connectivity index (χ1) is 17.9. The van der Waals surface area contributed by atoms with E-state index in [0.29, 0.717) is 25.9 Å². The fourth-order valence-corrected chi connectivity index (χ4v) is 7.76. The minimum atomic E-state index is -1.28. The number of aliphatic hydroxyl groups excluding tert-OH is 1. The number of amides is 1. The van der Waals surface area contributed by atoms with E-state index in [0.717, 1.165) is 0 Å². The molecule has 1 fully saturated rings. The van der Waals surface area contributed by atoms with Crippen LogP contribution in [-0.2, 0) is 16.0 Å². The number of nitro groups is 1. The molecule has 13 heteroatoms. The molecule has 4 atom stereocenters. The summed E-state index contributed by atoms with van der Waals surface area (Å²) >= 11 is 2.65. The van der Waals surface area contributed by atoms with Crippen LogP contribution in [0.2, 0.25) is 0 Å². The molecule has 2 aliphatic rings. The molecule has 2 aromatic heterocycles. The number of thiazole rings is 1. The number of aliphatic hydroxyl groups is 1. The van der Waals surface area contributed by atoms with Gasteiger partial charge in [0.1, 0.15) is 15.6 Å². The van der Waals surface area contributed by atoms with Crippen molar-refractivity contribution in [1.29, 1.82) is 0 Å². The zero-order valence-electron chi connectivity index (χ0n) is 20.9. The van der Waals surface area contributed by atoms with Crippen molar-refractivity contribution in [1.82, 2.24) is 14.3 Å². The molecule has 2 aliphatic heterocycles. The number of nitrogens with zero attached hydrogens (tertiary/aromatic N) is 4. The number of carbonyl (C=O) groups is 3. The Hall–Kier alpha value is -3.55. The lowest BCUT2D eigenvalue weighted by Gasteiger charge is -2.51. The van der Waals surface area contributed by atoms with Crippen LogP contribution in [0.5, 0.6) is 0 Å². The van der Waals surface area contributed by atoms with Crippen molar-refractivity contribution in [2.45, 2.75) is 44.4 Å². The van der Waals surface area contributed by atoms with Gasteiger partial charge >= 0.3 is 5.97 Å². The van der Waals surface area contributed by atoms with E-state index in [1.807, 2.05) is 13.2 Å². The highest BCUT2D eigenvalue weighted by Gasteiger charge is 2.66. The van der Waals surface area contributed by atoms with Crippen LogP contribution in [0.1, 0.15) is 41.8 Å². The third kappa shape index (κ3) is 3.68. The van der Waals surface area contributed by atoms with Crippen LogP contribution in [-0.4, -0.2) is 65.5 Å². The fraction of sp³-hybridized carbons (Fsp3) is 0.360. The fourth-order valence-electron chi connectivity index (χ4n) is 5.77. The van der Waals surface area contributed by atoms with E-state index in [1.165, 1.54) is 54.0 Å². The van der Waals surface area contributed by atoms with Crippen LogP contribution in [0.3, 0.4) is 0 Å². The summed E-state index contributed by atoms with van der Waals surface area (Å²) in [6.07, 6.45) is 2.77. The number of carboxylic acids is 1. The Morgan fingerprint density at radius 1 is 1.32 bits per heavy atom. The molecule has 38 heavy (non-hydrogen) atoms. The maximum Gasteiger partial charge on any atom is 0.352 e. The zero-order valence-corrected chi connectivity index (χ0v) is 22.5. The number of imidazole rings is 1. The van der Waals surface area contributed by atoms with Crippen LogP contribution in [0.4, 0.5) is 5.69 Å². The topological polar surface area (TPSA) is 155 Å². The van der Waals surface area contributed by atoms with Gasteiger partial charge in [0.25, 0.3) is 5.69 Å². The van der Waals surface area contributed by atoms with Gasteiger partial charge < -0.3 is 15.1 Å². The number of hydrogen-bond acceptors (Lipinski definition) is 9. The molecular weight excluding hydrogens is 532 g/mol. The van der Waals surface area contributed by atoms with E-state index < -0.39 is 40.3 Å². The van der Waals surface area contributed by atoms with E-state index in [9.17, 15) is 34.7 Å². The van der Waals surface area contributed by atoms with Crippen molar-refractivity contribution in [2.75, 3.05) is 6.26 Å². The highest BCUT2D eigenvalue weighted by molar-refractivity contribution is 7.98. The maximum absolute atomic E-state index is 13.1. The second-order valence-electron chi connectivity index (χ2n) is 9.74. The number of Topliss-reactive ketones (excluding diaryl/α,β-unsaturated/α-hetero) is 1. The van der Waals surface area contributed by atoms with Gasteiger partial charge in [0, 0.05) is 36.2 Å². The lowest BCUT2D eigenvalue weighted by atomic mass is 9.64. The van der Waals surface area contributed by atoms with Crippen LogP contribution >= 0.6 is 23.1 Å². The summed E-state index contributed by atoms with van der Waals surface area (Å²) in [5, 5.41) is 32.6. The number of nitro benzene ring substituents is 1. The molecule has 4 heterocycles. The number of ketones is 1. The third-order valence-corrected chi connectivity index (χ3v) is 9.24. The number of benzene rings is 1. The second-order valence-corrected chi connectivity index (χ2v) is 11.6. The summed E-state index contributed by atoms with van der Waals surface area (Å²) in [6.45, 7) is 4.77. The van der Waals surface area contributed by atoms with Gasteiger partial charge in [-0.25, -0.2) is 9.78 Å². The largest absolute Gasteiger partial charge is 0.477 e. The van der Waals surface area contributed by atoms with E-state index in [-0.39, 0.29) is 29.4 Å². The molecule has 0 spiro atoms. The van der Waals surface area contributed by atoms with Gasteiger partial charge in [-0.2, -0.15) is 0 Å². The van der Waals surface area contributed by atoms with Gasteiger partial charge in [0.2, 0.25) is 5.91 Å². The van der Waals surface area contributed by atoms with Crippen LogP contribution in [0.15, 0.2) is 41.2 Å². The average Bonchev–Trinajstić information content (AvgIpc) is 3.46. The zero-order chi connectivity index (χ0) is 27.7. The van der Waals surface area contributed by atoms with Crippen LogP contribution in [0.25, 0.3) is 10.4 Å². The van der Waals surface area contributed by atoms with Crippen molar-refractivity contribution in [3.05, 3.63) is 62.5 Å². The first-order valence-electron chi connectivity index (χ1n) is 11.7. The molecule has 0 unspecified atom stereocenters. The highest BCUT2D eigenvalue weighted by Crippen LogP contribution is 2.59. The van der Waals surface area contributed by atoms with E-state index in [1.54, 1.807) is 22.7 Å². The summed E-state index contributed by atoms with van der Waals surface area (Å²) in [4.78, 5) is 55.6. The summed E-state index contributed by atoms with van der Waals surface area (Å²) in [7, 11) is 0. The number of aromatic nitrogens is 2. The minimum absolute atomic E-state index is 0.0723. The number of aliphatic carboxylic acids is 1. The Morgan fingerprint density at radius 3 is 2.50 bits per heavy atom. The lowest BCUT2D eigenvalue weighted by Crippen LogP contribution is -2.66. The van der Waals surface area contributed by atoms with Crippen LogP contribution in [0, 0.1) is 21.4 Å². The first-order valence-corrected chi connectivity index (χ1v) is 13.7. The molecule has 0 radical (unpaired) electrons. The molecular formula is C25H24N4O7S2. The molecule has 1 amide bonds. The van der Waals surface area contributed by atoms with E-state index >= 15 is 0 Å². The highest BCUT2D eigenvalue weighted by atomic mass is 32.2. The summed E-state index contributed by atoms with van der Waals surface area (Å²) in [6, 6.07) is 5.36. The van der Waals surface area contributed by atoms with Crippen molar-refractivity contribution < 1.29 is 29.5 Å². The summed E-state index contributed by atoms with van der Waals surface area (Å²) in [5.41, 5.74) is -0.0677. The Balaban J connectivity index is 1.73. The lowest BCUT2D eigenvalue weighted by molar-refractivity contribution is -0.384. The number of carboxylic acid groups (broad SMARTS) is 1. The van der Waals surface area contributed by atoms with Crippen molar-refractivity contribution in [3.8, 4) is 0 Å². The van der Waals surface area contributed by atoms with Gasteiger partial charge in [-0.3, -0.25) is 24.1 Å². The van der Waals surface area contributed by atoms with Gasteiger partial charge in [-0.15, -0.1) is 23.1 Å². The average molecular weight is 557 g/mol. The Kier molecular flexibility index (Phi) is 6.20. The summed E-state index contributed by atoms with van der Waals surface area (Å²) < 4.78 is 1.65. The molecule has 0 aliphatic carbocycles. The predicted octanol–water partition coefficient (Wildman–Crippen LogP) is 3.49. The number of fused-ring (bicyclic) bond motifs is 2. The first kappa shape index (κ1) is 26.1. The van der Waals surface area contributed by atoms with Gasteiger partial charge in [0.05, 0.1) is 27.9 Å². The number of β-lactam (4-membered cyclic amide) rings is 1. The molecule has 1 aromatic carbocycles. The standard InChI is InChI=1S/C25H24N4O7S2/c1-11(30)16-19-25(3,9-13-5-7-14(8-6-13)29(35)36)17(18(24(33)34)28(19)22(16)32)15-10-27-20(12(2)31)26-21(37-4)23(27)38-15/h5-8,10-11,16,19,30H,9H2,1-4H3,(H,33,34)/t11-,16-,19-,25+/m1/s1. The van der Waals surface area contributed by atoms with E-state index in [2.05, 4.69) is 4.98 Å². The second kappa shape index (κ2) is 9.03. The van der Waals surface area contributed by atoms with Gasteiger partial charge in [-0.1, -0.05) is 19.1 Å². The van der Waals surface area contributed by atoms with Crippen molar-refractivity contribution in [2.24, 2.45) is 11.3 Å². The smallest absolute Gasteiger partial charge is 0.352 e. The number of non-ortho nitro benzene ring substituents is 1. The molecule has 1 saturated heterocycles. The Morgan fingerprint density at radius 2 is 1.97 bits per heavy atom. The van der Waals surface area contributed by atoms with Crippen molar-refractivity contribution in [3.63, 3.8) is 0 Å². The Labute approximate surface area is 224 Å². The maximum atomic E-state index is 13.1. The number of hydrogen-bond donors (Lipinski definition) is 2. The normalized spacial score (nSPS) is 23.5. The molecule has 0 saturated carbocycles. The van der Waals surface area contributed by atoms with Crippen LogP contribution < -0.4 is 0 Å². The summed E-state index contributed by atoms with van der Waals surface area (Å²) in [5.74, 6) is -2.58. The van der Waals surface area contributed by atoms with E-state index in [4.69, 9.17) is 0 Å². The molecule has 2 N–H and O–H groups in total. The molecule has 5 rings (SSSR count). The van der Waals surface area contributed by atoms with Gasteiger partial charge in [-0.05, 0) is 25.2 Å². The SMILES string of the molecule is CSc1nc(C(C)=O)n2cc(C3=C(C(=O)O)N4C(=O)[C@H]([C@@H](C)O)[C@@H]4[C@@]3(C)Cc3ccc([N+](=O)[O-])cc3)sc12. The molecule has 11 nitrogen and oxygen atoms in total. The quantitative estimate of drug-likeness (QED) is 0.139. The van der Waals surface area contributed by atoms with Gasteiger partial charge in [0.15, 0.2) is 11.6 Å². The monoisotopic (exact) mass is 556 g/mol. The number of carbonyl (C=O) groups excluding carboxylic acids is 2. The number of thioether (sulfide) groups is 1. The molecule has 3 aromatic rings. The number of rotatable bonds is 8. The molecule has 198 valence electrons. The molecule has 0 bridgehead atoms. The third-order valence-electron chi connectivity index (χ3n) is 7.33.